The number of phenols is 2. The molecule has 0 amide bonds. The van der Waals surface area contributed by atoms with Crippen molar-refractivity contribution in [3.8, 4) is 11.5 Å². The molecule has 2 N–H and O–H groups in total. The smallest absolute Gasteiger partial charge is 0.315 e. The summed E-state index contributed by atoms with van der Waals surface area (Å²) >= 11 is 5.94. The molecule has 7 nitrogen and oxygen atoms in total. The van der Waals surface area contributed by atoms with Gasteiger partial charge in [0.05, 0.1) is 15.6 Å². The number of aryl methyl sites for hydroxylation is 1. The van der Waals surface area contributed by atoms with E-state index in [1.807, 2.05) is 0 Å². The molecule has 2 aromatic carbocycles. The first-order valence-corrected chi connectivity index (χ1v) is 8.33. The maximum Gasteiger partial charge on any atom is 0.315 e. The fraction of sp³-hybridized carbons (Fsp3) is 0.143. The zero-order valence-electron chi connectivity index (χ0n) is 11.9. The molecular weight excluding hydrogens is 346 g/mol. The number of hydrogen-bond donors (Lipinski definition) is 2. The fourth-order valence-electron chi connectivity index (χ4n) is 1.93. The second-order valence-corrected chi connectivity index (χ2v) is 7.31. The Morgan fingerprint density at radius 1 is 1.22 bits per heavy atom. The Balaban J connectivity index is 2.47. The van der Waals surface area contributed by atoms with Crippen molar-refractivity contribution >= 4 is 27.1 Å². The summed E-state index contributed by atoms with van der Waals surface area (Å²) in [5, 5.41) is 30.1. The predicted octanol–water partition coefficient (Wildman–Crippen LogP) is 2.94. The molecule has 23 heavy (non-hydrogen) atoms. The van der Waals surface area contributed by atoms with Crippen LogP contribution in [0.5, 0.6) is 11.5 Å². The van der Waals surface area contributed by atoms with Crippen molar-refractivity contribution in [1.82, 2.24) is 0 Å². The highest BCUT2D eigenvalue weighted by molar-refractivity contribution is 7.90. The Morgan fingerprint density at radius 3 is 2.43 bits per heavy atom. The van der Waals surface area contributed by atoms with Crippen molar-refractivity contribution in [1.29, 1.82) is 0 Å². The molecule has 0 bridgehead atoms. The van der Waals surface area contributed by atoms with Gasteiger partial charge in [0.2, 0.25) is 5.75 Å². The van der Waals surface area contributed by atoms with Crippen molar-refractivity contribution in [2.45, 2.75) is 17.6 Å². The van der Waals surface area contributed by atoms with Crippen molar-refractivity contribution < 1.29 is 23.6 Å². The molecule has 0 radical (unpaired) electrons. The van der Waals surface area contributed by atoms with Crippen molar-refractivity contribution in [3.05, 3.63) is 56.6 Å². The van der Waals surface area contributed by atoms with Gasteiger partial charge in [0.1, 0.15) is 0 Å². The fourth-order valence-corrected chi connectivity index (χ4v) is 3.50. The monoisotopic (exact) mass is 357 g/mol. The average molecular weight is 358 g/mol. The van der Waals surface area contributed by atoms with Crippen LogP contribution in [0.4, 0.5) is 5.69 Å². The van der Waals surface area contributed by atoms with Gasteiger partial charge in [-0.05, 0) is 24.1 Å². The van der Waals surface area contributed by atoms with Gasteiger partial charge in [-0.15, -0.1) is 0 Å². The van der Waals surface area contributed by atoms with Crippen molar-refractivity contribution in [3.63, 3.8) is 0 Å². The molecule has 0 unspecified atom stereocenters. The highest BCUT2D eigenvalue weighted by atomic mass is 35.5. The molecule has 0 atom stereocenters. The Hall–Kier alpha value is -2.32. The number of benzene rings is 2. The van der Waals surface area contributed by atoms with Crippen LogP contribution in [0.3, 0.4) is 0 Å². The van der Waals surface area contributed by atoms with Crippen molar-refractivity contribution in [2.75, 3.05) is 0 Å². The first kappa shape index (κ1) is 17.0. The summed E-state index contributed by atoms with van der Waals surface area (Å²) in [6.45, 7) is 1.77. The minimum atomic E-state index is -3.97. The zero-order valence-corrected chi connectivity index (χ0v) is 13.4. The van der Waals surface area contributed by atoms with Crippen LogP contribution in [-0.4, -0.2) is 23.6 Å². The van der Waals surface area contributed by atoms with E-state index in [1.54, 1.807) is 19.1 Å². The summed E-state index contributed by atoms with van der Waals surface area (Å²) in [6.07, 6.45) is 0. The number of nitrogens with zero attached hydrogens (tertiary/aromatic N) is 1. The minimum absolute atomic E-state index is 0.399. The number of sulfone groups is 1. The average Bonchev–Trinajstić information content (AvgIpc) is 2.45. The Labute approximate surface area is 136 Å². The lowest BCUT2D eigenvalue weighted by Crippen LogP contribution is -2.06. The Morgan fingerprint density at radius 2 is 1.87 bits per heavy atom. The van der Waals surface area contributed by atoms with Gasteiger partial charge in [-0.3, -0.25) is 10.1 Å². The maximum absolute atomic E-state index is 12.4. The largest absolute Gasteiger partial charge is 0.504 e. The van der Waals surface area contributed by atoms with Crippen LogP contribution < -0.4 is 0 Å². The summed E-state index contributed by atoms with van der Waals surface area (Å²) in [7, 11) is -3.97. The summed E-state index contributed by atoms with van der Waals surface area (Å²) in [4.78, 5) is 9.38. The third kappa shape index (κ3) is 3.54. The van der Waals surface area contributed by atoms with Gasteiger partial charge in [-0.1, -0.05) is 23.7 Å². The van der Waals surface area contributed by atoms with Gasteiger partial charge in [-0.25, -0.2) is 8.42 Å². The van der Waals surface area contributed by atoms with E-state index in [-0.39, 0.29) is 0 Å². The molecule has 0 aromatic heterocycles. The molecule has 0 aliphatic carbocycles. The van der Waals surface area contributed by atoms with Crippen LogP contribution in [0.1, 0.15) is 11.1 Å². The standard InChI is InChI=1S/C14H12ClNO6S/c1-8-2-3-9(4-11(8)15)7-23(21,22)10-5-12(16(19)20)14(18)13(17)6-10/h2-6,17-18H,7H2,1H3. The van der Waals surface area contributed by atoms with Crippen LogP contribution in [0.2, 0.25) is 5.02 Å². The molecule has 2 aromatic rings. The molecule has 2 rings (SSSR count). The quantitative estimate of drug-likeness (QED) is 0.493. The molecule has 0 spiro atoms. The van der Waals surface area contributed by atoms with Crippen LogP contribution in [-0.2, 0) is 15.6 Å². The Kier molecular flexibility index (Phi) is 4.49. The van der Waals surface area contributed by atoms with Crippen LogP contribution in [0.25, 0.3) is 0 Å². The van der Waals surface area contributed by atoms with E-state index in [0.717, 1.165) is 11.6 Å². The second-order valence-electron chi connectivity index (χ2n) is 4.91. The van der Waals surface area contributed by atoms with E-state index < -0.39 is 42.6 Å². The molecular formula is C14H12ClNO6S. The topological polar surface area (TPSA) is 118 Å². The summed E-state index contributed by atoms with van der Waals surface area (Å²) in [5.41, 5.74) is 0.298. The molecule has 0 saturated heterocycles. The number of aromatic hydroxyl groups is 2. The third-order valence-electron chi connectivity index (χ3n) is 3.19. The van der Waals surface area contributed by atoms with Gasteiger partial charge in [0, 0.05) is 17.2 Å². The number of nitro groups is 1. The first-order valence-electron chi connectivity index (χ1n) is 6.30. The third-order valence-corrected chi connectivity index (χ3v) is 5.27. The Bertz CT molecular complexity index is 894. The molecule has 0 aliphatic rings. The molecule has 0 saturated carbocycles. The molecule has 9 heteroatoms. The molecule has 0 fully saturated rings. The van der Waals surface area contributed by atoms with E-state index >= 15 is 0 Å². The lowest BCUT2D eigenvalue weighted by Gasteiger charge is -2.08. The van der Waals surface area contributed by atoms with Gasteiger partial charge in [0.25, 0.3) is 0 Å². The van der Waals surface area contributed by atoms with Crippen molar-refractivity contribution in [2.24, 2.45) is 0 Å². The van der Waals surface area contributed by atoms with Gasteiger partial charge >= 0.3 is 5.69 Å². The first-order chi connectivity index (χ1) is 10.6. The SMILES string of the molecule is Cc1ccc(CS(=O)(=O)c2cc(O)c(O)c([N+](=O)[O-])c2)cc1Cl. The summed E-state index contributed by atoms with van der Waals surface area (Å²) in [5.74, 6) is -2.30. The zero-order chi connectivity index (χ0) is 17.4. The van der Waals surface area contributed by atoms with Gasteiger partial charge < -0.3 is 10.2 Å². The molecule has 0 aliphatic heterocycles. The van der Waals surface area contributed by atoms with Crippen LogP contribution >= 0.6 is 11.6 Å². The van der Waals surface area contributed by atoms with Gasteiger partial charge in [0.15, 0.2) is 15.6 Å². The summed E-state index contributed by atoms with van der Waals surface area (Å²) < 4.78 is 24.8. The van der Waals surface area contributed by atoms with Crippen LogP contribution in [0.15, 0.2) is 35.2 Å². The van der Waals surface area contributed by atoms with E-state index in [2.05, 4.69) is 0 Å². The predicted molar refractivity (Wildman–Crippen MR) is 83.5 cm³/mol. The normalized spacial score (nSPS) is 11.4. The molecule has 0 heterocycles. The second kappa shape index (κ2) is 6.05. The number of nitro benzene ring substituents is 1. The van der Waals surface area contributed by atoms with E-state index in [1.165, 1.54) is 6.07 Å². The van der Waals surface area contributed by atoms with E-state index in [9.17, 15) is 28.7 Å². The van der Waals surface area contributed by atoms with E-state index in [0.29, 0.717) is 16.7 Å². The minimum Gasteiger partial charge on any atom is -0.504 e. The number of hydrogen-bond acceptors (Lipinski definition) is 6. The highest BCUT2D eigenvalue weighted by Crippen LogP contribution is 2.38. The number of halogens is 1. The van der Waals surface area contributed by atoms with E-state index in [4.69, 9.17) is 11.6 Å². The lowest BCUT2D eigenvalue weighted by atomic mass is 10.2. The van der Waals surface area contributed by atoms with Crippen LogP contribution in [0, 0.1) is 17.0 Å². The lowest BCUT2D eigenvalue weighted by molar-refractivity contribution is -0.386. The summed E-state index contributed by atoms with van der Waals surface area (Å²) in [6, 6.07) is 6.20. The molecule has 122 valence electrons. The number of phenolic OH excluding ortho intramolecular Hbond substituents is 2. The maximum atomic E-state index is 12.4. The number of rotatable bonds is 4. The van der Waals surface area contributed by atoms with Gasteiger partial charge in [-0.2, -0.15) is 0 Å². The highest BCUT2D eigenvalue weighted by Gasteiger charge is 2.25.